The normalized spacial score (nSPS) is 21.7. The van der Waals surface area contributed by atoms with Crippen LogP contribution in [0.2, 0.25) is 0 Å². The van der Waals surface area contributed by atoms with Crippen LogP contribution in [0.1, 0.15) is 6.42 Å². The molecule has 37 heavy (non-hydrogen) atoms. The molecular weight excluding hydrogens is 496 g/mol. The number of thioether (sulfide) groups is 1. The number of hydrogen-bond acceptors (Lipinski definition) is 9. The fraction of sp³-hybridized carbons (Fsp3) is 0.400. The number of rotatable bonds is 5. The van der Waals surface area contributed by atoms with Crippen molar-refractivity contribution in [2.75, 3.05) is 49.3 Å². The van der Waals surface area contributed by atoms with Crippen LogP contribution in [0.25, 0.3) is 11.0 Å². The van der Waals surface area contributed by atoms with Crippen molar-refractivity contribution < 1.29 is 19.1 Å². The Labute approximate surface area is 216 Å². The number of nitrogens with one attached hydrogen (secondary N) is 1. The van der Waals surface area contributed by atoms with Crippen LogP contribution in [0, 0.1) is 5.92 Å². The van der Waals surface area contributed by atoms with Crippen LogP contribution >= 0.6 is 11.8 Å². The van der Waals surface area contributed by atoms with Gasteiger partial charge in [0.1, 0.15) is 23.4 Å². The lowest BCUT2D eigenvalue weighted by Gasteiger charge is -2.43. The fourth-order valence-electron chi connectivity index (χ4n) is 5.08. The van der Waals surface area contributed by atoms with Gasteiger partial charge in [-0.15, -0.1) is 11.8 Å². The maximum atomic E-state index is 12.9. The maximum Gasteiger partial charge on any atom is 0.415 e. The molecule has 3 aromatic rings. The summed E-state index contributed by atoms with van der Waals surface area (Å²) in [6.45, 7) is 3.04. The number of ether oxygens (including phenoxy) is 2. The van der Waals surface area contributed by atoms with Gasteiger partial charge in [-0.05, 0) is 37.2 Å². The number of aromatic nitrogens is 3. The molecule has 1 N–H and O–H groups in total. The summed E-state index contributed by atoms with van der Waals surface area (Å²) in [7, 11) is 1.55. The number of fused-ring (bicyclic) bond motifs is 3. The third-order valence-corrected chi connectivity index (χ3v) is 8.11. The monoisotopic (exact) mass is 522 g/mol. The molecule has 0 spiro atoms. The highest BCUT2D eigenvalue weighted by atomic mass is 32.2. The number of methoxy groups -OCH3 is 1. The predicted octanol–water partition coefficient (Wildman–Crippen LogP) is 2.19. The van der Waals surface area contributed by atoms with E-state index in [1.165, 1.54) is 11.8 Å². The molecule has 2 amide bonds. The number of amides is 2. The summed E-state index contributed by atoms with van der Waals surface area (Å²) in [6.07, 6.45) is 0.183. The van der Waals surface area contributed by atoms with Gasteiger partial charge in [-0.3, -0.25) is 24.0 Å². The highest BCUT2D eigenvalue weighted by Gasteiger charge is 2.40. The molecular formula is C25H26N6O5S. The lowest BCUT2D eigenvalue weighted by Crippen LogP contribution is -2.56. The molecule has 3 aromatic heterocycles. The van der Waals surface area contributed by atoms with Crippen molar-refractivity contribution in [2.45, 2.75) is 24.0 Å². The summed E-state index contributed by atoms with van der Waals surface area (Å²) in [5.74, 6) is 1.85. The van der Waals surface area contributed by atoms with Gasteiger partial charge in [0.2, 0.25) is 11.8 Å². The van der Waals surface area contributed by atoms with Crippen molar-refractivity contribution >= 4 is 46.4 Å². The zero-order valence-electron chi connectivity index (χ0n) is 20.3. The predicted molar refractivity (Wildman–Crippen MR) is 138 cm³/mol. The standard InChI is InChI=1S/C25H26N6O5S/c1-35-21-6-2-15-3-7-22(33)30(24(15)28-21)11-10-29-9-8-16-12-31(25(34)36-17(16)13-29)19-5-4-18-23(26-19)27-20(32)14-37-18/h2-7,16-17H,8-14H2,1H3,(H,26,27,32)/t16-,17?/m1/s1. The van der Waals surface area contributed by atoms with E-state index in [9.17, 15) is 14.4 Å². The van der Waals surface area contributed by atoms with E-state index in [0.29, 0.717) is 55.1 Å². The van der Waals surface area contributed by atoms with Crippen molar-refractivity contribution in [3.8, 4) is 5.88 Å². The number of likely N-dealkylation sites (tertiary alicyclic amines) is 1. The molecule has 6 rings (SSSR count). The minimum absolute atomic E-state index is 0.100. The van der Waals surface area contributed by atoms with Gasteiger partial charge < -0.3 is 14.8 Å². The van der Waals surface area contributed by atoms with Crippen LogP contribution in [0.3, 0.4) is 0 Å². The number of carbonyl (C=O) groups excluding carboxylic acids is 2. The second kappa shape index (κ2) is 9.67. The van der Waals surface area contributed by atoms with Crippen LogP contribution in [0.5, 0.6) is 5.88 Å². The Hall–Kier alpha value is -3.64. The van der Waals surface area contributed by atoms with E-state index in [4.69, 9.17) is 9.47 Å². The van der Waals surface area contributed by atoms with Crippen LogP contribution in [0.15, 0.2) is 46.1 Å². The van der Waals surface area contributed by atoms with Crippen molar-refractivity contribution in [3.63, 3.8) is 0 Å². The number of anilines is 2. The Kier molecular flexibility index (Phi) is 6.21. The zero-order chi connectivity index (χ0) is 25.5. The quantitative estimate of drug-likeness (QED) is 0.538. The first kappa shape index (κ1) is 23.7. The minimum Gasteiger partial charge on any atom is -0.481 e. The van der Waals surface area contributed by atoms with Gasteiger partial charge in [0, 0.05) is 49.6 Å². The van der Waals surface area contributed by atoms with Gasteiger partial charge in [0.05, 0.1) is 17.8 Å². The molecule has 192 valence electrons. The summed E-state index contributed by atoms with van der Waals surface area (Å²) >= 11 is 1.43. The Morgan fingerprint density at radius 3 is 2.81 bits per heavy atom. The topological polar surface area (TPSA) is 119 Å². The Bertz CT molecular complexity index is 1440. The first-order valence-corrected chi connectivity index (χ1v) is 13.2. The summed E-state index contributed by atoms with van der Waals surface area (Å²) in [4.78, 5) is 50.9. The second-order valence-electron chi connectivity index (χ2n) is 9.32. The third kappa shape index (κ3) is 4.62. The molecule has 0 saturated carbocycles. The van der Waals surface area contributed by atoms with E-state index in [0.717, 1.165) is 23.2 Å². The SMILES string of the molecule is COc1ccc2ccc(=O)n(CCN3CC[C@@H]4CN(c5ccc6c(n5)NC(=O)CS6)C(=O)OC4C3)c2n1. The smallest absolute Gasteiger partial charge is 0.415 e. The van der Waals surface area contributed by atoms with E-state index in [2.05, 4.69) is 20.2 Å². The van der Waals surface area contributed by atoms with E-state index >= 15 is 0 Å². The average Bonchev–Trinajstić information content (AvgIpc) is 2.91. The van der Waals surface area contributed by atoms with E-state index in [1.54, 1.807) is 40.8 Å². The molecule has 3 aliphatic rings. The number of piperidine rings is 1. The molecule has 0 aliphatic carbocycles. The number of hydrogen-bond donors (Lipinski definition) is 1. The summed E-state index contributed by atoms with van der Waals surface area (Å²) < 4.78 is 12.7. The first-order valence-electron chi connectivity index (χ1n) is 12.2. The van der Waals surface area contributed by atoms with Crippen LogP contribution in [-0.4, -0.2) is 76.6 Å². The molecule has 12 heteroatoms. The van der Waals surface area contributed by atoms with Crippen LogP contribution < -0.4 is 20.5 Å². The van der Waals surface area contributed by atoms with Crippen LogP contribution in [-0.2, 0) is 16.1 Å². The molecule has 2 saturated heterocycles. The Balaban J connectivity index is 1.12. The zero-order valence-corrected chi connectivity index (χ0v) is 21.1. The molecule has 11 nitrogen and oxygen atoms in total. The van der Waals surface area contributed by atoms with Gasteiger partial charge >= 0.3 is 6.09 Å². The Morgan fingerprint density at radius 2 is 1.95 bits per heavy atom. The summed E-state index contributed by atoms with van der Waals surface area (Å²) in [6, 6.07) is 10.7. The molecule has 2 fully saturated rings. The van der Waals surface area contributed by atoms with Gasteiger partial charge in [-0.1, -0.05) is 0 Å². The van der Waals surface area contributed by atoms with Crippen molar-refractivity contribution in [2.24, 2.45) is 5.92 Å². The molecule has 0 bridgehead atoms. The van der Waals surface area contributed by atoms with E-state index in [-0.39, 0.29) is 23.5 Å². The third-order valence-electron chi connectivity index (χ3n) is 7.06. The fourth-order valence-corrected chi connectivity index (χ4v) is 5.84. The highest BCUT2D eigenvalue weighted by molar-refractivity contribution is 8.00. The maximum absolute atomic E-state index is 12.9. The molecule has 0 radical (unpaired) electrons. The van der Waals surface area contributed by atoms with Crippen molar-refractivity contribution in [3.05, 3.63) is 46.8 Å². The van der Waals surface area contributed by atoms with Gasteiger partial charge in [-0.2, -0.15) is 4.98 Å². The van der Waals surface area contributed by atoms with Gasteiger partial charge in [0.25, 0.3) is 5.56 Å². The summed E-state index contributed by atoms with van der Waals surface area (Å²) in [5.41, 5.74) is 0.476. The lowest BCUT2D eigenvalue weighted by atomic mass is 9.92. The van der Waals surface area contributed by atoms with E-state index < -0.39 is 6.09 Å². The van der Waals surface area contributed by atoms with Crippen molar-refractivity contribution in [1.29, 1.82) is 0 Å². The molecule has 1 unspecified atom stereocenters. The number of carbonyl (C=O) groups is 2. The molecule has 0 aromatic carbocycles. The molecule has 2 atom stereocenters. The largest absolute Gasteiger partial charge is 0.481 e. The van der Waals surface area contributed by atoms with Crippen LogP contribution in [0.4, 0.5) is 16.4 Å². The summed E-state index contributed by atoms with van der Waals surface area (Å²) in [5, 5.41) is 3.64. The van der Waals surface area contributed by atoms with Gasteiger partial charge in [-0.25, -0.2) is 9.78 Å². The van der Waals surface area contributed by atoms with E-state index in [1.807, 2.05) is 12.1 Å². The highest BCUT2D eigenvalue weighted by Crippen LogP contribution is 2.34. The Morgan fingerprint density at radius 1 is 1.08 bits per heavy atom. The minimum atomic E-state index is -0.438. The molecule has 3 aliphatic heterocycles. The lowest BCUT2D eigenvalue weighted by molar-refractivity contribution is -0.113. The number of pyridine rings is 3. The average molecular weight is 523 g/mol. The second-order valence-corrected chi connectivity index (χ2v) is 10.3. The van der Waals surface area contributed by atoms with Crippen molar-refractivity contribution in [1.82, 2.24) is 19.4 Å². The first-order chi connectivity index (χ1) is 18.0. The number of nitrogens with zero attached hydrogens (tertiary/aromatic N) is 5. The molecule has 6 heterocycles. The van der Waals surface area contributed by atoms with Gasteiger partial charge in [0.15, 0.2) is 0 Å².